The Morgan fingerprint density at radius 1 is 0.465 bits per heavy atom. The maximum atomic E-state index is 5.01. The molecule has 0 unspecified atom stereocenters. The lowest BCUT2D eigenvalue weighted by Crippen LogP contribution is -1.96. The van der Waals surface area contributed by atoms with Crippen LogP contribution in [0.3, 0.4) is 0 Å². The van der Waals surface area contributed by atoms with Crippen molar-refractivity contribution < 1.29 is 0 Å². The van der Waals surface area contributed by atoms with E-state index in [1.165, 1.54) is 5.56 Å². The van der Waals surface area contributed by atoms with Crippen LogP contribution in [0.1, 0.15) is 11.1 Å². The zero-order chi connectivity index (χ0) is 29.2. The Morgan fingerprint density at radius 3 is 1.74 bits per heavy atom. The first-order chi connectivity index (χ1) is 21.2. The minimum Gasteiger partial charge on any atom is -0.228 e. The smallest absolute Gasteiger partial charge is 0.182 e. The highest BCUT2D eigenvalue weighted by molar-refractivity contribution is 5.76. The van der Waals surface area contributed by atoms with Gasteiger partial charge in [0.25, 0.3) is 0 Å². The molecule has 0 saturated heterocycles. The Hall–Kier alpha value is -5.94. The Balaban J connectivity index is 1.31. The summed E-state index contributed by atoms with van der Waals surface area (Å²) in [6.45, 7) is 7.83. The lowest BCUT2D eigenvalue weighted by atomic mass is 10.0. The second kappa shape index (κ2) is 11.1. The molecule has 3 heterocycles. The average molecular weight is 554 g/mol. The number of hydrogen-bond acceptors (Lipinski definition) is 4. The number of nitrogens with zero attached hydrogens (tertiary/aromatic N) is 5. The van der Waals surface area contributed by atoms with Gasteiger partial charge in [0.15, 0.2) is 17.3 Å². The lowest BCUT2D eigenvalue weighted by molar-refractivity contribution is 0.962. The fourth-order valence-corrected chi connectivity index (χ4v) is 5.17. The van der Waals surface area contributed by atoms with E-state index in [0.717, 1.165) is 56.0 Å². The molecule has 0 aliphatic carbocycles. The van der Waals surface area contributed by atoms with Crippen LogP contribution in [0.2, 0.25) is 0 Å². The molecule has 43 heavy (non-hydrogen) atoms. The largest absolute Gasteiger partial charge is 0.228 e. The predicted octanol–water partition coefficient (Wildman–Crippen LogP) is 9.14. The van der Waals surface area contributed by atoms with Gasteiger partial charge < -0.3 is 0 Å². The van der Waals surface area contributed by atoms with Crippen molar-refractivity contribution in [2.45, 2.75) is 0 Å². The molecular weight excluding hydrogens is 526 g/mol. The van der Waals surface area contributed by atoms with E-state index < -0.39 is 0 Å². The van der Waals surface area contributed by atoms with Gasteiger partial charge in [-0.15, -0.1) is 5.10 Å². The fraction of sp³-hybridized carbons (Fsp3) is 0. The van der Waals surface area contributed by atoms with Gasteiger partial charge in [-0.1, -0.05) is 128 Å². The fourth-order valence-electron chi connectivity index (χ4n) is 5.17. The third kappa shape index (κ3) is 5.16. The summed E-state index contributed by atoms with van der Waals surface area (Å²) in [6.07, 6.45) is 5.52. The van der Waals surface area contributed by atoms with Crippen LogP contribution in [-0.2, 0) is 0 Å². The number of benzene rings is 4. The van der Waals surface area contributed by atoms with Gasteiger partial charge in [0.1, 0.15) is 0 Å². The molecule has 7 aromatic rings. The van der Waals surface area contributed by atoms with Crippen LogP contribution in [0, 0.1) is 0 Å². The number of rotatable bonds is 7. The molecular formula is C38H27N5. The van der Waals surface area contributed by atoms with Crippen molar-refractivity contribution in [1.82, 2.24) is 24.6 Å². The number of pyridine rings is 1. The molecule has 0 spiro atoms. The quantitative estimate of drug-likeness (QED) is 0.197. The van der Waals surface area contributed by atoms with Crippen LogP contribution in [0.25, 0.3) is 74.2 Å². The highest BCUT2D eigenvalue weighted by Gasteiger charge is 2.14. The molecule has 0 bridgehead atoms. The Bertz CT molecular complexity index is 2050. The second-order valence-corrected chi connectivity index (χ2v) is 10.2. The van der Waals surface area contributed by atoms with Crippen molar-refractivity contribution in [3.63, 3.8) is 0 Å². The first kappa shape index (κ1) is 26.0. The van der Waals surface area contributed by atoms with Crippen LogP contribution >= 0.6 is 0 Å². The molecule has 5 heteroatoms. The van der Waals surface area contributed by atoms with Crippen molar-refractivity contribution in [3.8, 4) is 56.4 Å². The summed E-state index contributed by atoms with van der Waals surface area (Å²) >= 11 is 0. The van der Waals surface area contributed by atoms with Gasteiger partial charge in [0.05, 0.1) is 11.4 Å². The summed E-state index contributed by atoms with van der Waals surface area (Å²) in [5.74, 6) is 1.30. The normalized spacial score (nSPS) is 11.0. The van der Waals surface area contributed by atoms with Crippen LogP contribution in [-0.4, -0.2) is 24.6 Å². The molecule has 0 aliphatic heterocycles. The predicted molar refractivity (Wildman–Crippen MR) is 176 cm³/mol. The topological polar surface area (TPSA) is 56.0 Å². The monoisotopic (exact) mass is 553 g/mol. The molecule has 0 N–H and O–H groups in total. The van der Waals surface area contributed by atoms with Gasteiger partial charge in [0, 0.05) is 28.5 Å². The van der Waals surface area contributed by atoms with Crippen LogP contribution in [0.4, 0.5) is 0 Å². The van der Waals surface area contributed by atoms with Crippen LogP contribution in [0.5, 0.6) is 0 Å². The Labute approximate surface area is 250 Å². The standard InChI is InChI=1S/C38H27N5/c1-3-26-23-36-41-38(42-43(36)25-27(26)4-2)33-17-11-16-32(22-33)35-24-34(39-37(40-35)31-14-9-6-10-15-31)30-20-18-29(19-21-30)28-12-7-5-8-13-28/h3-25H,1-2H2. The average Bonchev–Trinajstić information content (AvgIpc) is 3.51. The molecule has 4 aromatic carbocycles. The molecule has 3 aromatic heterocycles. The van der Waals surface area contributed by atoms with Crippen LogP contribution in [0.15, 0.2) is 141 Å². The maximum absolute atomic E-state index is 5.01. The van der Waals surface area contributed by atoms with Gasteiger partial charge >= 0.3 is 0 Å². The first-order valence-corrected chi connectivity index (χ1v) is 14.0. The summed E-state index contributed by atoms with van der Waals surface area (Å²) < 4.78 is 1.78. The second-order valence-electron chi connectivity index (χ2n) is 10.2. The highest BCUT2D eigenvalue weighted by atomic mass is 15.3. The molecule has 204 valence electrons. The minimum atomic E-state index is 0.632. The zero-order valence-corrected chi connectivity index (χ0v) is 23.4. The van der Waals surface area contributed by atoms with Gasteiger partial charge in [-0.2, -0.15) is 0 Å². The van der Waals surface area contributed by atoms with E-state index in [-0.39, 0.29) is 0 Å². The number of hydrogen-bond donors (Lipinski definition) is 0. The van der Waals surface area contributed by atoms with Crippen LogP contribution < -0.4 is 0 Å². The van der Waals surface area contributed by atoms with Gasteiger partial charge in [-0.25, -0.2) is 19.5 Å². The zero-order valence-electron chi connectivity index (χ0n) is 23.4. The van der Waals surface area contributed by atoms with Gasteiger partial charge in [-0.05, 0) is 40.5 Å². The molecule has 0 radical (unpaired) electrons. The van der Waals surface area contributed by atoms with E-state index in [1.807, 2.05) is 66.9 Å². The number of aromatic nitrogens is 5. The molecule has 5 nitrogen and oxygen atoms in total. The minimum absolute atomic E-state index is 0.632. The summed E-state index contributed by atoms with van der Waals surface area (Å²) in [6, 6.07) is 41.2. The third-order valence-electron chi connectivity index (χ3n) is 7.44. The summed E-state index contributed by atoms with van der Waals surface area (Å²) in [4.78, 5) is 14.8. The Kier molecular flexibility index (Phi) is 6.74. The van der Waals surface area contributed by atoms with Gasteiger partial charge in [-0.3, -0.25) is 0 Å². The van der Waals surface area contributed by atoms with Crippen molar-refractivity contribution >= 4 is 17.8 Å². The molecule has 7 rings (SSSR count). The van der Waals surface area contributed by atoms with Gasteiger partial charge in [0.2, 0.25) is 0 Å². The SMILES string of the molecule is C=Cc1cc2nc(-c3cccc(-c4cc(-c5ccc(-c6ccccc6)cc5)nc(-c5ccccc5)n4)c3)nn2cc1C=C. The number of fused-ring (bicyclic) bond motifs is 1. The molecule has 0 saturated carbocycles. The first-order valence-electron chi connectivity index (χ1n) is 14.0. The molecule has 0 fully saturated rings. The van der Waals surface area contributed by atoms with E-state index in [1.54, 1.807) is 16.7 Å². The van der Waals surface area contributed by atoms with Crippen molar-refractivity contribution in [1.29, 1.82) is 0 Å². The molecule has 0 amide bonds. The molecule has 0 aliphatic rings. The molecule has 0 atom stereocenters. The van der Waals surface area contributed by atoms with E-state index in [2.05, 4.69) is 73.8 Å². The summed E-state index contributed by atoms with van der Waals surface area (Å²) in [5.41, 5.74) is 10.5. The maximum Gasteiger partial charge on any atom is 0.182 e. The van der Waals surface area contributed by atoms with Crippen molar-refractivity contribution in [3.05, 3.63) is 152 Å². The van der Waals surface area contributed by atoms with E-state index in [4.69, 9.17) is 20.1 Å². The lowest BCUT2D eigenvalue weighted by Gasteiger charge is -2.10. The van der Waals surface area contributed by atoms with E-state index >= 15 is 0 Å². The third-order valence-corrected chi connectivity index (χ3v) is 7.44. The highest BCUT2D eigenvalue weighted by Crippen LogP contribution is 2.31. The van der Waals surface area contributed by atoms with E-state index in [0.29, 0.717) is 11.6 Å². The Morgan fingerprint density at radius 2 is 1.05 bits per heavy atom. The summed E-state index contributed by atoms with van der Waals surface area (Å²) in [5, 5.41) is 4.76. The van der Waals surface area contributed by atoms with Crippen molar-refractivity contribution in [2.24, 2.45) is 0 Å². The van der Waals surface area contributed by atoms with Crippen molar-refractivity contribution in [2.75, 3.05) is 0 Å². The van der Waals surface area contributed by atoms with E-state index in [9.17, 15) is 0 Å². The summed E-state index contributed by atoms with van der Waals surface area (Å²) in [7, 11) is 0.